The van der Waals surface area contributed by atoms with Crippen molar-refractivity contribution in [1.82, 2.24) is 9.97 Å². The summed E-state index contributed by atoms with van der Waals surface area (Å²) in [6.07, 6.45) is 0. The number of methoxy groups -OCH3 is 1. The minimum atomic E-state index is -0.380. The highest BCUT2D eigenvalue weighted by atomic mass is 16.5. The van der Waals surface area contributed by atoms with Gasteiger partial charge in [0, 0.05) is 5.56 Å². The molecule has 6 nitrogen and oxygen atoms in total. The van der Waals surface area contributed by atoms with Crippen molar-refractivity contribution in [3.63, 3.8) is 0 Å². The van der Waals surface area contributed by atoms with Gasteiger partial charge in [-0.25, -0.2) is 0 Å². The van der Waals surface area contributed by atoms with Gasteiger partial charge in [-0.15, -0.1) is 0 Å². The van der Waals surface area contributed by atoms with Gasteiger partial charge in [0.1, 0.15) is 5.82 Å². The Labute approximate surface area is 115 Å². The number of hydrogen-bond acceptors (Lipinski definition) is 5. The minimum Gasteiger partial charge on any atom is -0.504 e. The van der Waals surface area contributed by atoms with E-state index in [1.54, 1.807) is 19.9 Å². The van der Waals surface area contributed by atoms with Crippen molar-refractivity contribution in [2.45, 2.75) is 19.8 Å². The maximum Gasteiger partial charge on any atom is 0.258 e. The number of nitrogens with zero attached hydrogens (tertiary/aromatic N) is 1. The normalized spacial score (nSPS) is 10.8. The van der Waals surface area contributed by atoms with Gasteiger partial charge >= 0.3 is 0 Å². The summed E-state index contributed by atoms with van der Waals surface area (Å²) in [6, 6.07) is 4.54. The molecule has 0 bridgehead atoms. The smallest absolute Gasteiger partial charge is 0.258 e. The first-order valence-corrected chi connectivity index (χ1v) is 6.14. The number of aromatic hydroxyl groups is 2. The fraction of sp³-hybridized carbons (Fsp3) is 0.286. The Morgan fingerprint density at radius 2 is 2.00 bits per heavy atom. The van der Waals surface area contributed by atoms with E-state index in [0.717, 1.165) is 0 Å². The Balaban J connectivity index is 2.57. The van der Waals surface area contributed by atoms with Crippen molar-refractivity contribution in [1.29, 1.82) is 0 Å². The SMILES string of the molecule is COc1cc(-c2nc(O)c(C(C)C)c(=O)[nH]2)ccc1O. The number of benzene rings is 1. The van der Waals surface area contributed by atoms with Gasteiger partial charge in [0.05, 0.1) is 12.7 Å². The van der Waals surface area contributed by atoms with Crippen LogP contribution in [0.1, 0.15) is 25.3 Å². The Morgan fingerprint density at radius 1 is 1.30 bits per heavy atom. The van der Waals surface area contributed by atoms with Gasteiger partial charge < -0.3 is 19.9 Å². The second-order valence-corrected chi connectivity index (χ2v) is 4.69. The molecule has 0 unspecified atom stereocenters. The molecule has 2 rings (SSSR count). The molecule has 0 spiro atoms. The number of phenols is 1. The Hall–Kier alpha value is -2.50. The van der Waals surface area contributed by atoms with E-state index in [-0.39, 0.29) is 40.2 Å². The zero-order valence-corrected chi connectivity index (χ0v) is 11.5. The molecule has 1 heterocycles. The summed E-state index contributed by atoms with van der Waals surface area (Å²) in [6.45, 7) is 3.60. The van der Waals surface area contributed by atoms with Crippen LogP contribution >= 0.6 is 0 Å². The molecule has 0 saturated carbocycles. The van der Waals surface area contributed by atoms with Crippen LogP contribution in [-0.2, 0) is 0 Å². The second kappa shape index (κ2) is 5.24. The minimum absolute atomic E-state index is 0.0124. The van der Waals surface area contributed by atoms with Crippen molar-refractivity contribution < 1.29 is 14.9 Å². The highest BCUT2D eigenvalue weighted by molar-refractivity contribution is 5.61. The van der Waals surface area contributed by atoms with Crippen LogP contribution in [0.5, 0.6) is 17.4 Å². The van der Waals surface area contributed by atoms with Crippen molar-refractivity contribution in [2.75, 3.05) is 7.11 Å². The molecule has 6 heteroatoms. The summed E-state index contributed by atoms with van der Waals surface area (Å²) in [4.78, 5) is 18.6. The van der Waals surface area contributed by atoms with Crippen LogP contribution in [0, 0.1) is 0 Å². The lowest BCUT2D eigenvalue weighted by molar-refractivity contribution is 0.373. The molecule has 3 N–H and O–H groups in total. The fourth-order valence-electron chi connectivity index (χ4n) is 1.95. The Kier molecular flexibility index (Phi) is 3.65. The van der Waals surface area contributed by atoms with Crippen LogP contribution in [0.2, 0.25) is 0 Å². The van der Waals surface area contributed by atoms with Crippen LogP contribution in [0.25, 0.3) is 11.4 Å². The van der Waals surface area contributed by atoms with Gasteiger partial charge in [-0.3, -0.25) is 4.79 Å². The monoisotopic (exact) mass is 276 g/mol. The van der Waals surface area contributed by atoms with Gasteiger partial charge in [-0.1, -0.05) is 13.8 Å². The van der Waals surface area contributed by atoms with Crippen molar-refractivity contribution in [3.8, 4) is 28.8 Å². The van der Waals surface area contributed by atoms with Crippen LogP contribution < -0.4 is 10.3 Å². The summed E-state index contributed by atoms with van der Waals surface area (Å²) in [5, 5.41) is 19.4. The van der Waals surface area contributed by atoms with E-state index in [9.17, 15) is 15.0 Å². The Bertz CT molecular complexity index is 692. The molecular formula is C14H16N2O4. The van der Waals surface area contributed by atoms with E-state index in [0.29, 0.717) is 5.56 Å². The summed E-state index contributed by atoms with van der Waals surface area (Å²) in [5.41, 5.74) is 0.399. The molecule has 0 radical (unpaired) electrons. The van der Waals surface area contributed by atoms with E-state index >= 15 is 0 Å². The third-order valence-corrected chi connectivity index (χ3v) is 2.97. The maximum absolute atomic E-state index is 12.0. The van der Waals surface area contributed by atoms with Crippen molar-refractivity contribution >= 4 is 0 Å². The molecule has 0 atom stereocenters. The number of ether oxygens (including phenoxy) is 1. The summed E-state index contributed by atoms with van der Waals surface area (Å²) in [7, 11) is 1.42. The number of rotatable bonds is 3. The maximum atomic E-state index is 12.0. The zero-order valence-electron chi connectivity index (χ0n) is 11.5. The van der Waals surface area contributed by atoms with Gasteiger partial charge in [0.15, 0.2) is 11.5 Å². The molecule has 106 valence electrons. The van der Waals surface area contributed by atoms with Crippen LogP contribution in [0.4, 0.5) is 0 Å². The van der Waals surface area contributed by atoms with E-state index in [2.05, 4.69) is 9.97 Å². The molecule has 0 aliphatic rings. The first kappa shape index (κ1) is 13.9. The summed E-state index contributed by atoms with van der Waals surface area (Å²) in [5.74, 6) is 0.0508. The Morgan fingerprint density at radius 3 is 2.55 bits per heavy atom. The molecule has 20 heavy (non-hydrogen) atoms. The molecule has 1 aromatic carbocycles. The second-order valence-electron chi connectivity index (χ2n) is 4.69. The van der Waals surface area contributed by atoms with Gasteiger partial charge in [-0.2, -0.15) is 4.98 Å². The largest absolute Gasteiger partial charge is 0.504 e. The molecule has 2 aromatic rings. The first-order valence-electron chi connectivity index (χ1n) is 6.14. The number of aromatic nitrogens is 2. The highest BCUT2D eigenvalue weighted by Crippen LogP contribution is 2.30. The summed E-state index contributed by atoms with van der Waals surface area (Å²) >= 11 is 0. The number of nitrogens with one attached hydrogen (secondary N) is 1. The molecule has 0 amide bonds. The summed E-state index contributed by atoms with van der Waals surface area (Å²) < 4.78 is 5.00. The average molecular weight is 276 g/mol. The van der Waals surface area contributed by atoms with Crippen LogP contribution in [0.15, 0.2) is 23.0 Å². The number of hydrogen-bond donors (Lipinski definition) is 3. The lowest BCUT2D eigenvalue weighted by atomic mass is 10.1. The molecule has 0 aliphatic heterocycles. The molecule has 0 fully saturated rings. The van der Waals surface area contributed by atoms with E-state index in [1.807, 2.05) is 0 Å². The topological polar surface area (TPSA) is 95.4 Å². The predicted octanol–water partition coefficient (Wildman–Crippen LogP) is 1.98. The lowest BCUT2D eigenvalue weighted by Crippen LogP contribution is -2.16. The standard InChI is InChI=1S/C14H16N2O4/c1-7(2)11-13(18)15-12(16-14(11)19)8-4-5-9(17)10(6-8)20-3/h4-7,17H,1-3H3,(H2,15,16,18,19). The predicted molar refractivity (Wildman–Crippen MR) is 74.3 cm³/mol. The molecule has 0 saturated heterocycles. The third kappa shape index (κ3) is 2.45. The number of phenolic OH excluding ortho intramolecular Hbond substituents is 1. The molecule has 0 aliphatic carbocycles. The van der Waals surface area contributed by atoms with Gasteiger partial charge in [0.25, 0.3) is 5.56 Å². The zero-order chi connectivity index (χ0) is 14.9. The van der Waals surface area contributed by atoms with E-state index in [4.69, 9.17) is 4.74 Å². The van der Waals surface area contributed by atoms with E-state index < -0.39 is 0 Å². The first-order chi connectivity index (χ1) is 9.43. The third-order valence-electron chi connectivity index (χ3n) is 2.97. The highest BCUT2D eigenvalue weighted by Gasteiger charge is 2.15. The average Bonchev–Trinajstić information content (AvgIpc) is 2.37. The number of H-pyrrole nitrogens is 1. The van der Waals surface area contributed by atoms with Crippen molar-refractivity contribution in [3.05, 3.63) is 34.1 Å². The fourth-order valence-corrected chi connectivity index (χ4v) is 1.95. The molecule has 1 aromatic heterocycles. The van der Waals surface area contributed by atoms with Crippen LogP contribution in [-0.4, -0.2) is 27.3 Å². The quantitative estimate of drug-likeness (QED) is 0.796. The lowest BCUT2D eigenvalue weighted by Gasteiger charge is -2.09. The van der Waals surface area contributed by atoms with Gasteiger partial charge in [-0.05, 0) is 24.1 Å². The van der Waals surface area contributed by atoms with Crippen LogP contribution in [0.3, 0.4) is 0 Å². The van der Waals surface area contributed by atoms with Gasteiger partial charge in [0.2, 0.25) is 5.88 Å². The van der Waals surface area contributed by atoms with Crippen molar-refractivity contribution in [2.24, 2.45) is 0 Å². The molecular weight excluding hydrogens is 260 g/mol. The van der Waals surface area contributed by atoms with E-state index in [1.165, 1.54) is 19.2 Å². The number of aromatic amines is 1.